The molecule has 0 spiro atoms. The van der Waals surface area contributed by atoms with Gasteiger partial charge in [-0.1, -0.05) is 29.8 Å². The molecule has 2 unspecified atom stereocenters. The molecule has 0 N–H and O–H groups in total. The number of hydrogen-bond acceptors (Lipinski definition) is 2. The lowest BCUT2D eigenvalue weighted by atomic mass is 9.90. The average molecular weight is 347 g/mol. The van der Waals surface area contributed by atoms with Gasteiger partial charge in [-0.2, -0.15) is 5.10 Å². The number of aryl methyl sites for hydroxylation is 2. The van der Waals surface area contributed by atoms with Gasteiger partial charge in [-0.05, 0) is 38.7 Å². The molecule has 1 aliphatic rings. The zero-order valence-corrected chi connectivity index (χ0v) is 14.7. The predicted molar refractivity (Wildman–Crippen MR) is 91.6 cm³/mol. The molecule has 0 bridgehead atoms. The maximum absolute atomic E-state index is 13.3. The number of halogens is 2. The first-order chi connectivity index (χ1) is 11.9. The molecule has 4 nitrogen and oxygen atoms in total. The van der Waals surface area contributed by atoms with E-state index in [4.69, 9.17) is 0 Å². The highest BCUT2D eigenvalue weighted by atomic mass is 19.3. The van der Waals surface area contributed by atoms with Gasteiger partial charge >= 0.3 is 0 Å². The van der Waals surface area contributed by atoms with Crippen LogP contribution >= 0.6 is 0 Å². The van der Waals surface area contributed by atoms with Gasteiger partial charge in [-0.3, -0.25) is 9.48 Å². The van der Waals surface area contributed by atoms with Crippen molar-refractivity contribution in [3.8, 4) is 0 Å². The number of piperidine rings is 1. The van der Waals surface area contributed by atoms with Gasteiger partial charge in [0.15, 0.2) is 0 Å². The Morgan fingerprint density at radius 3 is 2.56 bits per heavy atom. The molecule has 2 heterocycles. The number of alkyl halides is 2. The van der Waals surface area contributed by atoms with Crippen LogP contribution in [0.25, 0.3) is 0 Å². The van der Waals surface area contributed by atoms with Crippen molar-refractivity contribution < 1.29 is 13.6 Å². The number of rotatable bonds is 3. The molecule has 2 atom stereocenters. The molecular weight excluding hydrogens is 324 g/mol. The minimum Gasteiger partial charge on any atom is -0.329 e. The molecule has 1 saturated heterocycles. The van der Waals surface area contributed by atoms with Crippen molar-refractivity contribution in [2.75, 3.05) is 0 Å². The summed E-state index contributed by atoms with van der Waals surface area (Å²) < 4.78 is 27.8. The first-order valence-corrected chi connectivity index (χ1v) is 8.59. The summed E-state index contributed by atoms with van der Waals surface area (Å²) in [5.41, 5.74) is 1.77. The molecule has 134 valence electrons. The molecule has 3 rings (SSSR count). The van der Waals surface area contributed by atoms with E-state index in [-0.39, 0.29) is 23.6 Å². The molecule has 1 aliphatic heterocycles. The number of amides is 1. The van der Waals surface area contributed by atoms with Crippen molar-refractivity contribution in [1.82, 2.24) is 14.7 Å². The smallest absolute Gasteiger partial charge is 0.282 e. The Hall–Kier alpha value is -2.24. The van der Waals surface area contributed by atoms with Crippen LogP contribution in [0.4, 0.5) is 8.78 Å². The van der Waals surface area contributed by atoms with Gasteiger partial charge in [0, 0.05) is 19.3 Å². The van der Waals surface area contributed by atoms with E-state index in [1.807, 2.05) is 38.1 Å². The third-order valence-corrected chi connectivity index (χ3v) is 4.90. The Labute approximate surface area is 146 Å². The van der Waals surface area contributed by atoms with Crippen LogP contribution in [0.3, 0.4) is 0 Å². The Morgan fingerprint density at radius 2 is 1.92 bits per heavy atom. The van der Waals surface area contributed by atoms with Crippen molar-refractivity contribution in [3.63, 3.8) is 0 Å². The summed E-state index contributed by atoms with van der Waals surface area (Å²) in [5.74, 6) is -0.360. The zero-order chi connectivity index (χ0) is 18.1. The van der Waals surface area contributed by atoms with E-state index in [1.54, 1.807) is 11.9 Å². The third-order valence-electron chi connectivity index (χ3n) is 4.90. The van der Waals surface area contributed by atoms with E-state index in [0.29, 0.717) is 0 Å². The normalized spacial score (nSPS) is 21.0. The van der Waals surface area contributed by atoms with Gasteiger partial charge < -0.3 is 4.90 Å². The Balaban J connectivity index is 1.99. The van der Waals surface area contributed by atoms with E-state index < -0.39 is 12.1 Å². The van der Waals surface area contributed by atoms with Gasteiger partial charge in [-0.15, -0.1) is 0 Å². The average Bonchev–Trinajstić information content (AvgIpc) is 2.97. The summed E-state index contributed by atoms with van der Waals surface area (Å²) in [6.45, 7) is 4.00. The maximum Gasteiger partial charge on any atom is 0.282 e. The summed E-state index contributed by atoms with van der Waals surface area (Å²) in [6, 6.07) is 7.99. The van der Waals surface area contributed by atoms with Gasteiger partial charge in [0.1, 0.15) is 5.69 Å². The molecule has 0 radical (unpaired) electrons. The van der Waals surface area contributed by atoms with Crippen molar-refractivity contribution in [2.24, 2.45) is 7.05 Å². The lowest BCUT2D eigenvalue weighted by Crippen LogP contribution is -2.44. The summed E-state index contributed by atoms with van der Waals surface area (Å²) in [6.07, 6.45) is 1.36. The fourth-order valence-electron chi connectivity index (χ4n) is 3.62. The molecule has 1 aromatic carbocycles. The molecule has 0 saturated carbocycles. The third kappa shape index (κ3) is 3.43. The van der Waals surface area contributed by atoms with Crippen molar-refractivity contribution in [2.45, 2.75) is 51.6 Å². The number of carbonyl (C=O) groups is 1. The van der Waals surface area contributed by atoms with Crippen molar-refractivity contribution in [1.29, 1.82) is 0 Å². The molecular formula is C19H23F2N3O. The summed E-state index contributed by atoms with van der Waals surface area (Å²) in [4.78, 5) is 14.9. The lowest BCUT2D eigenvalue weighted by Gasteiger charge is -2.41. The fourth-order valence-corrected chi connectivity index (χ4v) is 3.62. The number of nitrogens with zero attached hydrogens (tertiary/aromatic N) is 3. The van der Waals surface area contributed by atoms with E-state index >= 15 is 0 Å². The van der Waals surface area contributed by atoms with Crippen molar-refractivity contribution >= 4 is 5.91 Å². The molecule has 1 fully saturated rings. The summed E-state index contributed by atoms with van der Waals surface area (Å²) in [5, 5.41) is 3.78. The molecule has 0 aliphatic carbocycles. The van der Waals surface area contributed by atoms with Crippen LogP contribution < -0.4 is 0 Å². The van der Waals surface area contributed by atoms with Crippen LogP contribution in [0.5, 0.6) is 0 Å². The number of carbonyl (C=O) groups excluding carboxylic acids is 1. The highest BCUT2D eigenvalue weighted by Gasteiger charge is 2.36. The lowest BCUT2D eigenvalue weighted by molar-refractivity contribution is 0.0467. The second kappa shape index (κ2) is 6.94. The van der Waals surface area contributed by atoms with E-state index in [9.17, 15) is 13.6 Å². The first kappa shape index (κ1) is 17.6. The van der Waals surface area contributed by atoms with Crippen LogP contribution in [0, 0.1) is 6.92 Å². The van der Waals surface area contributed by atoms with Gasteiger partial charge in [0.25, 0.3) is 12.3 Å². The highest BCUT2D eigenvalue weighted by molar-refractivity contribution is 5.95. The Kier molecular flexibility index (Phi) is 4.88. The minimum atomic E-state index is -2.77. The Bertz CT molecular complexity index is 755. The standard InChI is InChI=1S/C19H23F2N3O/c1-12-7-9-14(10-8-12)16-6-4-5-13(2)24(16)19(25)15-11-23(3)22-17(15)18(20)21/h7-11,13,16,18H,4-6H2,1-3H3. The molecule has 1 amide bonds. The Morgan fingerprint density at radius 1 is 1.24 bits per heavy atom. The van der Waals surface area contributed by atoms with Crippen LogP contribution in [0.2, 0.25) is 0 Å². The second-order valence-corrected chi connectivity index (χ2v) is 6.82. The SMILES string of the molecule is Cc1ccc(C2CCCC(C)N2C(=O)c2cn(C)nc2C(F)F)cc1. The predicted octanol–water partition coefficient (Wildman–Crippen LogP) is 4.42. The van der Waals surface area contributed by atoms with E-state index in [0.717, 1.165) is 30.4 Å². The monoisotopic (exact) mass is 347 g/mol. The summed E-state index contributed by atoms with van der Waals surface area (Å²) in [7, 11) is 1.56. The molecule has 1 aromatic heterocycles. The zero-order valence-electron chi connectivity index (χ0n) is 14.7. The summed E-state index contributed by atoms with van der Waals surface area (Å²) >= 11 is 0. The topological polar surface area (TPSA) is 38.1 Å². The van der Waals surface area contributed by atoms with Gasteiger partial charge in [0.05, 0.1) is 11.6 Å². The van der Waals surface area contributed by atoms with Crippen LogP contribution in [-0.2, 0) is 7.05 Å². The molecule has 25 heavy (non-hydrogen) atoms. The first-order valence-electron chi connectivity index (χ1n) is 8.59. The number of likely N-dealkylation sites (tertiary alicyclic amines) is 1. The van der Waals surface area contributed by atoms with Crippen LogP contribution in [-0.4, -0.2) is 26.6 Å². The minimum absolute atomic E-state index is 0.00159. The van der Waals surface area contributed by atoms with Crippen molar-refractivity contribution in [3.05, 3.63) is 52.8 Å². The molecule has 6 heteroatoms. The molecule has 2 aromatic rings. The quantitative estimate of drug-likeness (QED) is 0.824. The maximum atomic E-state index is 13.3. The second-order valence-electron chi connectivity index (χ2n) is 6.82. The van der Waals surface area contributed by atoms with Gasteiger partial charge in [0.2, 0.25) is 0 Å². The van der Waals surface area contributed by atoms with E-state index in [2.05, 4.69) is 5.10 Å². The fraction of sp³-hybridized carbons (Fsp3) is 0.474. The number of hydrogen-bond donors (Lipinski definition) is 0. The number of benzene rings is 1. The number of aromatic nitrogens is 2. The van der Waals surface area contributed by atoms with E-state index in [1.165, 1.54) is 10.9 Å². The highest BCUT2D eigenvalue weighted by Crippen LogP contribution is 2.36. The van der Waals surface area contributed by atoms with Crippen LogP contribution in [0.1, 0.15) is 65.8 Å². The van der Waals surface area contributed by atoms with Gasteiger partial charge in [-0.25, -0.2) is 8.78 Å². The van der Waals surface area contributed by atoms with Crippen LogP contribution in [0.15, 0.2) is 30.5 Å². The largest absolute Gasteiger partial charge is 0.329 e.